The highest BCUT2D eigenvalue weighted by Crippen LogP contribution is 2.62. The zero-order chi connectivity index (χ0) is 28.3. The van der Waals surface area contributed by atoms with E-state index in [4.69, 9.17) is 4.74 Å². The quantitative estimate of drug-likeness (QED) is 0.360. The Morgan fingerprint density at radius 2 is 1.63 bits per heavy atom. The number of amides is 3. The Labute approximate surface area is 222 Å². The Morgan fingerprint density at radius 3 is 2.18 bits per heavy atom. The van der Waals surface area contributed by atoms with Crippen LogP contribution >= 0.6 is 0 Å². The van der Waals surface area contributed by atoms with Crippen LogP contribution in [0.1, 0.15) is 53.9 Å². The number of rotatable bonds is 6. The van der Waals surface area contributed by atoms with Crippen LogP contribution in [0.25, 0.3) is 10.8 Å². The number of alkyl carbamates (subject to hydrolysis) is 1. The van der Waals surface area contributed by atoms with Gasteiger partial charge in [0.25, 0.3) is 0 Å². The van der Waals surface area contributed by atoms with E-state index in [9.17, 15) is 29.4 Å². The molecule has 0 spiro atoms. The molecule has 2 aromatic carbocycles. The summed E-state index contributed by atoms with van der Waals surface area (Å²) in [5.74, 6) is -5.05. The topological polar surface area (TPSA) is 154 Å². The third-order valence-electron chi connectivity index (χ3n) is 6.87. The first-order valence-electron chi connectivity index (χ1n) is 12.9. The Hall–Kier alpha value is -3.82. The maximum absolute atomic E-state index is 12.7. The summed E-state index contributed by atoms with van der Waals surface area (Å²) in [7, 11) is 0. The van der Waals surface area contributed by atoms with E-state index in [0.717, 1.165) is 10.8 Å². The van der Waals surface area contributed by atoms with E-state index in [2.05, 4.69) is 29.8 Å². The van der Waals surface area contributed by atoms with Crippen molar-refractivity contribution in [2.75, 3.05) is 5.32 Å². The second kappa shape index (κ2) is 11.3. The number of benzene rings is 2. The Kier molecular flexibility index (Phi) is 8.54. The van der Waals surface area contributed by atoms with E-state index in [1.165, 1.54) is 12.8 Å². The molecular weight excluding hydrogens is 490 g/mol. The number of ether oxygens (including phenoxy) is 1. The fraction of sp³-hybridized carbons (Fsp3) is 0.500. The molecule has 0 bridgehead atoms. The van der Waals surface area contributed by atoms with Gasteiger partial charge in [-0.2, -0.15) is 0 Å². The number of anilines is 1. The van der Waals surface area contributed by atoms with Gasteiger partial charge in [0.1, 0.15) is 11.1 Å². The van der Waals surface area contributed by atoms with Crippen molar-refractivity contribution in [2.45, 2.75) is 71.1 Å². The third kappa shape index (κ3) is 6.35. The molecule has 38 heavy (non-hydrogen) atoms. The minimum atomic E-state index is -1.86. The maximum Gasteiger partial charge on any atom is 0.408 e. The molecule has 5 unspecified atom stereocenters. The van der Waals surface area contributed by atoms with E-state index in [1.54, 1.807) is 32.9 Å². The highest BCUT2D eigenvalue weighted by molar-refractivity contribution is 5.94. The lowest BCUT2D eigenvalue weighted by atomic mass is 9.89. The van der Waals surface area contributed by atoms with E-state index in [1.807, 2.05) is 30.3 Å². The number of carboxylic acid groups (broad SMARTS) is 2. The molecule has 0 radical (unpaired) electrons. The van der Waals surface area contributed by atoms with Gasteiger partial charge in [-0.25, -0.2) is 14.4 Å². The summed E-state index contributed by atoms with van der Waals surface area (Å²) in [5, 5.41) is 29.4. The van der Waals surface area contributed by atoms with Gasteiger partial charge in [0.15, 0.2) is 0 Å². The number of hydrogen-bond donors (Lipinski definition) is 5. The highest BCUT2D eigenvalue weighted by atomic mass is 16.6. The summed E-state index contributed by atoms with van der Waals surface area (Å²) in [5.41, 5.74) is -2.20. The van der Waals surface area contributed by atoms with Crippen LogP contribution in [0.4, 0.5) is 15.3 Å². The molecule has 206 valence electrons. The predicted octanol–water partition coefficient (Wildman–Crippen LogP) is 4.83. The summed E-state index contributed by atoms with van der Waals surface area (Å²) in [6, 6.07) is 11.7. The second-order valence-corrected chi connectivity index (χ2v) is 10.8. The number of carboxylic acids is 2. The molecule has 2 saturated carbocycles. The molecule has 2 fully saturated rings. The standard InChI is InChI=1S/C24H27N3O7.C4H10/c1-23(2,3)34-22(33)27-24(20(30)31)11-15(16-17(18(16)24)19(28)29)26-21(32)25-14-9-8-12-6-4-5-7-13(12)10-14;1-3-4-2/h4-10,15-18H,11H2,1-3H3,(H,27,33)(H,28,29)(H,30,31)(H2,25,26,32);3-4H2,1-2H3. The SMILES string of the molecule is CC(C)(C)OC(=O)NC1(C(=O)O)CC(NC(=O)Nc2ccc3ccccc3c2)C2C(C(=O)O)C21.CCCC. The molecule has 0 aromatic heterocycles. The van der Waals surface area contributed by atoms with Gasteiger partial charge < -0.3 is 30.9 Å². The fourth-order valence-electron chi connectivity index (χ4n) is 5.06. The van der Waals surface area contributed by atoms with E-state index in [0.29, 0.717) is 5.69 Å². The fourth-order valence-corrected chi connectivity index (χ4v) is 5.06. The largest absolute Gasteiger partial charge is 0.481 e. The summed E-state index contributed by atoms with van der Waals surface area (Å²) in [6.07, 6.45) is 1.53. The minimum Gasteiger partial charge on any atom is -0.481 e. The van der Waals surface area contributed by atoms with Crippen molar-refractivity contribution in [1.82, 2.24) is 10.6 Å². The van der Waals surface area contributed by atoms with Crippen LogP contribution in [0, 0.1) is 17.8 Å². The zero-order valence-electron chi connectivity index (χ0n) is 22.4. The van der Waals surface area contributed by atoms with E-state index in [-0.39, 0.29) is 6.42 Å². The van der Waals surface area contributed by atoms with Crippen LogP contribution in [0.3, 0.4) is 0 Å². The molecule has 3 amide bonds. The second-order valence-electron chi connectivity index (χ2n) is 10.8. The first kappa shape index (κ1) is 28.7. The van der Waals surface area contributed by atoms with Gasteiger partial charge in [0.05, 0.1) is 5.92 Å². The molecule has 2 aliphatic rings. The highest BCUT2D eigenvalue weighted by Gasteiger charge is 2.76. The molecule has 5 atom stereocenters. The number of urea groups is 1. The van der Waals surface area contributed by atoms with E-state index < -0.39 is 59.0 Å². The van der Waals surface area contributed by atoms with Gasteiger partial charge in [0.2, 0.25) is 0 Å². The number of aliphatic carboxylic acids is 2. The first-order chi connectivity index (χ1) is 17.8. The lowest BCUT2D eigenvalue weighted by Gasteiger charge is -2.31. The van der Waals surface area contributed by atoms with Gasteiger partial charge in [-0.15, -0.1) is 0 Å². The molecule has 10 nitrogen and oxygen atoms in total. The zero-order valence-corrected chi connectivity index (χ0v) is 22.4. The van der Waals surface area contributed by atoms with Crippen LogP contribution in [-0.2, 0) is 14.3 Å². The van der Waals surface area contributed by atoms with Gasteiger partial charge in [-0.05, 0) is 49.6 Å². The molecule has 4 rings (SSSR count). The third-order valence-corrected chi connectivity index (χ3v) is 6.87. The minimum absolute atomic E-state index is 0.161. The lowest BCUT2D eigenvalue weighted by molar-refractivity contribution is -0.147. The van der Waals surface area contributed by atoms with Crippen LogP contribution in [0.15, 0.2) is 42.5 Å². The molecule has 0 heterocycles. The summed E-state index contributed by atoms with van der Waals surface area (Å²) in [4.78, 5) is 49.2. The van der Waals surface area contributed by atoms with Gasteiger partial charge in [-0.3, -0.25) is 4.79 Å². The average molecular weight is 528 g/mol. The lowest BCUT2D eigenvalue weighted by Crippen LogP contribution is -2.58. The van der Waals surface area contributed by atoms with Crippen LogP contribution in [-0.4, -0.2) is 51.5 Å². The Morgan fingerprint density at radius 1 is 1.00 bits per heavy atom. The Balaban J connectivity index is 0.000000934. The summed E-state index contributed by atoms with van der Waals surface area (Å²) >= 11 is 0. The van der Waals surface area contributed by atoms with Crippen molar-refractivity contribution in [2.24, 2.45) is 17.8 Å². The summed E-state index contributed by atoms with van der Waals surface area (Å²) in [6.45, 7) is 9.27. The van der Waals surface area contributed by atoms with Gasteiger partial charge >= 0.3 is 24.1 Å². The van der Waals surface area contributed by atoms with Crippen molar-refractivity contribution in [3.63, 3.8) is 0 Å². The number of nitrogens with one attached hydrogen (secondary N) is 3. The first-order valence-corrected chi connectivity index (χ1v) is 12.9. The van der Waals surface area contributed by atoms with Crippen molar-refractivity contribution in [1.29, 1.82) is 0 Å². The molecule has 2 aromatic rings. The molecule has 10 heteroatoms. The summed E-state index contributed by atoms with van der Waals surface area (Å²) < 4.78 is 5.21. The average Bonchev–Trinajstić information content (AvgIpc) is 3.51. The van der Waals surface area contributed by atoms with Crippen LogP contribution in [0.5, 0.6) is 0 Å². The van der Waals surface area contributed by atoms with Crippen molar-refractivity contribution in [3.8, 4) is 0 Å². The molecule has 0 aliphatic heterocycles. The number of hydrogen-bond acceptors (Lipinski definition) is 5. The number of unbranched alkanes of at least 4 members (excludes halogenated alkanes) is 1. The molecule has 5 N–H and O–H groups in total. The smallest absolute Gasteiger partial charge is 0.408 e. The molecule has 0 saturated heterocycles. The van der Waals surface area contributed by atoms with Crippen LogP contribution < -0.4 is 16.0 Å². The van der Waals surface area contributed by atoms with Gasteiger partial charge in [-0.1, -0.05) is 57.0 Å². The molecule has 2 aliphatic carbocycles. The number of carbonyl (C=O) groups is 4. The predicted molar refractivity (Wildman–Crippen MR) is 143 cm³/mol. The normalized spacial score (nSPS) is 25.3. The van der Waals surface area contributed by atoms with Crippen molar-refractivity contribution < 1.29 is 34.1 Å². The van der Waals surface area contributed by atoms with Crippen molar-refractivity contribution >= 4 is 40.5 Å². The molecular formula is C28H37N3O7. The van der Waals surface area contributed by atoms with Gasteiger partial charge in [0, 0.05) is 24.1 Å². The number of fused-ring (bicyclic) bond motifs is 2. The monoisotopic (exact) mass is 527 g/mol. The number of carbonyl (C=O) groups excluding carboxylic acids is 2. The Bertz CT molecular complexity index is 1210. The van der Waals surface area contributed by atoms with Crippen LogP contribution in [0.2, 0.25) is 0 Å². The van der Waals surface area contributed by atoms with E-state index >= 15 is 0 Å². The van der Waals surface area contributed by atoms with Crippen molar-refractivity contribution in [3.05, 3.63) is 42.5 Å². The maximum atomic E-state index is 12.7.